The summed E-state index contributed by atoms with van der Waals surface area (Å²) in [6.45, 7) is 3.90. The van der Waals surface area contributed by atoms with Gasteiger partial charge in [0.15, 0.2) is 11.5 Å². The van der Waals surface area contributed by atoms with Crippen molar-refractivity contribution >= 4 is 35.0 Å². The maximum atomic E-state index is 11.8. The van der Waals surface area contributed by atoms with Crippen molar-refractivity contribution in [1.82, 2.24) is 24.6 Å². The first-order chi connectivity index (χ1) is 10.6. The van der Waals surface area contributed by atoms with Crippen LogP contribution >= 0.6 is 11.6 Å². The minimum absolute atomic E-state index is 0.187. The van der Waals surface area contributed by atoms with Crippen LogP contribution in [0.1, 0.15) is 23.1 Å². The van der Waals surface area contributed by atoms with Gasteiger partial charge in [-0.25, -0.2) is 14.8 Å². The summed E-state index contributed by atoms with van der Waals surface area (Å²) in [6, 6.07) is 3.38. The van der Waals surface area contributed by atoms with E-state index in [2.05, 4.69) is 25.5 Å². The van der Waals surface area contributed by atoms with Gasteiger partial charge in [0, 0.05) is 24.0 Å². The lowest BCUT2D eigenvalue weighted by molar-refractivity contribution is 0.0520. The predicted molar refractivity (Wildman–Crippen MR) is 80.6 cm³/mol. The fraction of sp³-hybridized carbons (Fsp3) is 0.231. The monoisotopic (exact) mass is 320 g/mol. The summed E-state index contributed by atoms with van der Waals surface area (Å²) in [5, 5.41) is 10.2. The number of nitrogens with zero attached hydrogens (tertiary/aromatic N) is 4. The molecular weight excluding hydrogens is 308 g/mol. The molecule has 3 aromatic heterocycles. The maximum Gasteiger partial charge on any atom is 0.358 e. The highest BCUT2D eigenvalue weighted by Gasteiger charge is 2.15. The highest BCUT2D eigenvalue weighted by molar-refractivity contribution is 6.29. The number of nitrogens with one attached hydrogen (secondary N) is 2. The summed E-state index contributed by atoms with van der Waals surface area (Å²) in [5.74, 6) is 0.487. The molecule has 0 spiro atoms. The topological polar surface area (TPSA) is 97.2 Å². The molecule has 3 rings (SSSR count). The van der Waals surface area contributed by atoms with E-state index in [1.54, 1.807) is 23.6 Å². The average Bonchev–Trinajstić information content (AvgIpc) is 3.05. The Morgan fingerprint density at radius 1 is 1.45 bits per heavy atom. The SMILES string of the molecule is CCOC(=O)c1cn2c(Nc3cc(C)[nH]n3)nc(Cl)cc2n1. The average molecular weight is 321 g/mol. The van der Waals surface area contributed by atoms with Crippen LogP contribution < -0.4 is 5.32 Å². The number of H-pyrrole nitrogens is 1. The number of ether oxygens (including phenoxy) is 1. The largest absolute Gasteiger partial charge is 0.461 e. The van der Waals surface area contributed by atoms with Crippen molar-refractivity contribution in [2.45, 2.75) is 13.8 Å². The molecule has 0 bridgehead atoms. The molecule has 8 nitrogen and oxygen atoms in total. The molecule has 0 saturated carbocycles. The molecule has 3 heterocycles. The number of aryl methyl sites for hydroxylation is 1. The number of imidazole rings is 1. The van der Waals surface area contributed by atoms with Crippen LogP contribution in [0.15, 0.2) is 18.3 Å². The zero-order chi connectivity index (χ0) is 15.7. The van der Waals surface area contributed by atoms with Crippen molar-refractivity contribution in [1.29, 1.82) is 0 Å². The zero-order valence-electron chi connectivity index (χ0n) is 11.9. The van der Waals surface area contributed by atoms with Crippen molar-refractivity contribution in [2.24, 2.45) is 0 Å². The lowest BCUT2D eigenvalue weighted by Gasteiger charge is -2.05. The third kappa shape index (κ3) is 2.73. The number of rotatable bonds is 4. The second-order valence-corrected chi connectivity index (χ2v) is 4.93. The van der Waals surface area contributed by atoms with Gasteiger partial charge < -0.3 is 10.1 Å². The van der Waals surface area contributed by atoms with Gasteiger partial charge in [-0.15, -0.1) is 0 Å². The number of anilines is 2. The third-order valence-electron chi connectivity index (χ3n) is 2.85. The number of fused-ring (bicyclic) bond motifs is 1. The van der Waals surface area contributed by atoms with Crippen LogP contribution in [0.5, 0.6) is 0 Å². The van der Waals surface area contributed by atoms with Crippen LogP contribution in [0, 0.1) is 6.92 Å². The van der Waals surface area contributed by atoms with Crippen LogP contribution in [0.25, 0.3) is 5.65 Å². The van der Waals surface area contributed by atoms with E-state index in [-0.39, 0.29) is 17.5 Å². The molecule has 0 aliphatic rings. The Morgan fingerprint density at radius 2 is 2.27 bits per heavy atom. The van der Waals surface area contributed by atoms with Gasteiger partial charge in [-0.3, -0.25) is 9.50 Å². The molecule has 3 aromatic rings. The quantitative estimate of drug-likeness (QED) is 0.565. The molecular formula is C13H13ClN6O2. The number of aromatic amines is 1. The second-order valence-electron chi connectivity index (χ2n) is 4.54. The number of carbonyl (C=O) groups is 1. The van der Waals surface area contributed by atoms with Gasteiger partial charge in [-0.1, -0.05) is 11.6 Å². The standard InChI is InChI=1S/C13H13ClN6O2/c1-3-22-12(21)8-6-20-11(15-8)5-9(14)16-13(20)17-10-4-7(2)18-19-10/h4-6H,3H2,1-2H3,(H2,16,17,18,19). The zero-order valence-corrected chi connectivity index (χ0v) is 12.7. The van der Waals surface area contributed by atoms with Crippen LogP contribution in [0.3, 0.4) is 0 Å². The van der Waals surface area contributed by atoms with Crippen molar-refractivity contribution < 1.29 is 9.53 Å². The first-order valence-electron chi connectivity index (χ1n) is 6.58. The molecule has 0 aliphatic carbocycles. The highest BCUT2D eigenvalue weighted by Crippen LogP contribution is 2.20. The Hall–Kier alpha value is -2.61. The number of hydrogen-bond donors (Lipinski definition) is 2. The molecule has 0 radical (unpaired) electrons. The molecule has 9 heteroatoms. The first kappa shape index (κ1) is 14.3. The van der Waals surface area contributed by atoms with E-state index < -0.39 is 5.97 Å². The number of carbonyl (C=O) groups excluding carboxylic acids is 1. The van der Waals surface area contributed by atoms with E-state index in [9.17, 15) is 4.79 Å². The highest BCUT2D eigenvalue weighted by atomic mass is 35.5. The van der Waals surface area contributed by atoms with Crippen LogP contribution in [0.2, 0.25) is 5.15 Å². The molecule has 0 amide bonds. The van der Waals surface area contributed by atoms with E-state index in [0.717, 1.165) is 5.69 Å². The van der Waals surface area contributed by atoms with Crippen LogP contribution in [-0.2, 0) is 4.74 Å². The van der Waals surface area contributed by atoms with Crippen molar-refractivity contribution in [3.05, 3.63) is 34.9 Å². The minimum atomic E-state index is -0.496. The summed E-state index contributed by atoms with van der Waals surface area (Å²) >= 11 is 6.00. The Morgan fingerprint density at radius 3 is 2.95 bits per heavy atom. The molecule has 0 unspecified atom stereocenters. The summed E-state index contributed by atoms with van der Waals surface area (Å²) < 4.78 is 6.56. The first-order valence-corrected chi connectivity index (χ1v) is 6.96. The Balaban J connectivity index is 2.03. The smallest absolute Gasteiger partial charge is 0.358 e. The lowest BCUT2D eigenvalue weighted by atomic mass is 10.5. The van der Waals surface area contributed by atoms with Gasteiger partial charge in [-0.2, -0.15) is 5.10 Å². The molecule has 0 atom stereocenters. The molecule has 0 fully saturated rings. The van der Waals surface area contributed by atoms with Gasteiger partial charge in [0.1, 0.15) is 10.8 Å². The van der Waals surface area contributed by atoms with E-state index in [4.69, 9.17) is 16.3 Å². The number of halogens is 1. The number of hydrogen-bond acceptors (Lipinski definition) is 6. The summed E-state index contributed by atoms with van der Waals surface area (Å²) in [5.41, 5.74) is 1.57. The summed E-state index contributed by atoms with van der Waals surface area (Å²) in [6.07, 6.45) is 1.54. The molecule has 22 heavy (non-hydrogen) atoms. The van der Waals surface area contributed by atoms with Crippen LogP contribution in [-0.4, -0.2) is 37.1 Å². The molecule has 0 aliphatic heterocycles. The van der Waals surface area contributed by atoms with Gasteiger partial charge >= 0.3 is 5.97 Å². The normalized spacial score (nSPS) is 10.9. The number of esters is 1. The Kier molecular flexibility index (Phi) is 3.68. The van der Waals surface area contributed by atoms with Crippen molar-refractivity contribution in [2.75, 3.05) is 11.9 Å². The fourth-order valence-corrected chi connectivity index (χ4v) is 2.13. The molecule has 0 saturated heterocycles. The van der Waals surface area contributed by atoms with Crippen molar-refractivity contribution in [3.8, 4) is 0 Å². The van der Waals surface area contributed by atoms with Crippen molar-refractivity contribution in [3.63, 3.8) is 0 Å². The van der Waals surface area contributed by atoms with Crippen LogP contribution in [0.4, 0.5) is 11.8 Å². The lowest BCUT2D eigenvalue weighted by Crippen LogP contribution is -2.04. The minimum Gasteiger partial charge on any atom is -0.461 e. The van der Waals surface area contributed by atoms with Gasteiger partial charge in [0.25, 0.3) is 0 Å². The second kappa shape index (κ2) is 5.64. The molecule has 114 valence electrons. The maximum absolute atomic E-state index is 11.8. The van der Waals surface area contributed by atoms with Gasteiger partial charge in [0.2, 0.25) is 5.95 Å². The van der Waals surface area contributed by atoms with Gasteiger partial charge in [-0.05, 0) is 13.8 Å². The Labute approximate surface area is 130 Å². The third-order valence-corrected chi connectivity index (χ3v) is 3.05. The predicted octanol–water partition coefficient (Wildman–Crippen LogP) is 2.33. The van der Waals surface area contributed by atoms with E-state index >= 15 is 0 Å². The summed E-state index contributed by atoms with van der Waals surface area (Å²) in [7, 11) is 0. The molecule has 0 aromatic carbocycles. The van der Waals surface area contributed by atoms with Gasteiger partial charge in [0.05, 0.1) is 6.61 Å². The Bertz CT molecular complexity index is 840. The van der Waals surface area contributed by atoms with E-state index in [0.29, 0.717) is 17.4 Å². The van der Waals surface area contributed by atoms with E-state index in [1.165, 1.54) is 0 Å². The summed E-state index contributed by atoms with van der Waals surface area (Å²) in [4.78, 5) is 20.2. The van der Waals surface area contributed by atoms with E-state index in [1.807, 2.05) is 13.0 Å². The fourth-order valence-electron chi connectivity index (χ4n) is 1.95. The molecule has 2 N–H and O–H groups in total. The number of aromatic nitrogens is 5.